The first-order valence-electron chi connectivity index (χ1n) is 5.96. The summed E-state index contributed by atoms with van der Waals surface area (Å²) in [5.74, 6) is -1.33. The molecule has 0 bridgehead atoms. The maximum absolute atomic E-state index is 13.9. The van der Waals surface area contributed by atoms with E-state index in [-0.39, 0.29) is 17.2 Å². The van der Waals surface area contributed by atoms with Crippen LogP contribution >= 0.6 is 22.9 Å². The van der Waals surface area contributed by atoms with Gasteiger partial charge in [0.15, 0.2) is 5.83 Å². The highest BCUT2D eigenvalue weighted by Crippen LogP contribution is 2.37. The first-order chi connectivity index (χ1) is 9.49. The molecule has 6 heteroatoms. The van der Waals surface area contributed by atoms with E-state index >= 15 is 0 Å². The Labute approximate surface area is 124 Å². The monoisotopic (exact) mass is 310 g/mol. The Morgan fingerprint density at radius 1 is 1.65 bits per heavy atom. The fourth-order valence-corrected chi connectivity index (χ4v) is 3.29. The average Bonchev–Trinajstić information content (AvgIpc) is 2.97. The van der Waals surface area contributed by atoms with Crippen LogP contribution in [0.5, 0.6) is 0 Å². The first-order valence-corrected chi connectivity index (χ1v) is 7.22. The topological polar surface area (TPSA) is 40.5 Å². The molecule has 1 radical (unpaired) electrons. The predicted octanol–water partition coefficient (Wildman–Crippen LogP) is 4.00. The van der Waals surface area contributed by atoms with E-state index < -0.39 is 11.9 Å². The molecule has 0 fully saturated rings. The number of allylic oxidation sites excluding steroid dienone is 2. The molecule has 0 saturated heterocycles. The van der Waals surface area contributed by atoms with E-state index in [1.165, 1.54) is 22.3 Å². The van der Waals surface area contributed by atoms with Gasteiger partial charge in [-0.1, -0.05) is 11.6 Å². The molecule has 1 aromatic heterocycles. The number of rotatable bonds is 1. The Balaban J connectivity index is 1.97. The highest BCUT2D eigenvalue weighted by atomic mass is 35.5. The van der Waals surface area contributed by atoms with Crippen LogP contribution in [0.25, 0.3) is 0 Å². The molecule has 0 saturated carbocycles. The molecular weight excluding hydrogens is 301 g/mol. The summed E-state index contributed by atoms with van der Waals surface area (Å²) in [6, 6.07) is 1.15. The SMILES string of the molecule is CC1=[C]C2=C(F)C(O)=CCC2N1C(=O)c1csc(Cl)c1. The van der Waals surface area contributed by atoms with Crippen molar-refractivity contribution < 1.29 is 14.3 Å². The van der Waals surface area contributed by atoms with Crippen LogP contribution in [-0.4, -0.2) is 22.0 Å². The van der Waals surface area contributed by atoms with Gasteiger partial charge in [-0.25, -0.2) is 4.39 Å². The predicted molar refractivity (Wildman–Crippen MR) is 75.2 cm³/mol. The van der Waals surface area contributed by atoms with Crippen molar-refractivity contribution >= 4 is 28.8 Å². The van der Waals surface area contributed by atoms with Crippen LogP contribution in [0.2, 0.25) is 4.34 Å². The molecule has 3 rings (SSSR count). The quantitative estimate of drug-likeness (QED) is 0.851. The molecule has 1 unspecified atom stereocenters. The number of carbonyl (C=O) groups is 1. The maximum Gasteiger partial charge on any atom is 0.259 e. The lowest BCUT2D eigenvalue weighted by Gasteiger charge is -2.28. The minimum atomic E-state index is -0.709. The Morgan fingerprint density at radius 3 is 3.05 bits per heavy atom. The van der Waals surface area contributed by atoms with Crippen molar-refractivity contribution in [3.05, 3.63) is 56.4 Å². The smallest absolute Gasteiger partial charge is 0.259 e. The van der Waals surface area contributed by atoms with E-state index in [0.717, 1.165) is 0 Å². The van der Waals surface area contributed by atoms with E-state index in [4.69, 9.17) is 11.6 Å². The minimum Gasteiger partial charge on any atom is -0.505 e. The first kappa shape index (κ1) is 13.4. The van der Waals surface area contributed by atoms with Gasteiger partial charge in [-0.2, -0.15) is 0 Å². The van der Waals surface area contributed by atoms with Crippen molar-refractivity contribution in [3.63, 3.8) is 0 Å². The molecular formula is C14H10ClFNO2S. The number of hydrogen-bond acceptors (Lipinski definition) is 3. The number of nitrogens with zero attached hydrogens (tertiary/aromatic N) is 1. The lowest BCUT2D eigenvalue weighted by molar-refractivity contribution is 0.0779. The van der Waals surface area contributed by atoms with Crippen LogP contribution in [0.15, 0.2) is 40.4 Å². The molecule has 0 spiro atoms. The van der Waals surface area contributed by atoms with Crippen LogP contribution in [0.4, 0.5) is 4.39 Å². The van der Waals surface area contributed by atoms with Crippen molar-refractivity contribution in [3.8, 4) is 0 Å². The Morgan fingerprint density at radius 2 is 2.40 bits per heavy atom. The third-order valence-electron chi connectivity index (χ3n) is 3.35. The van der Waals surface area contributed by atoms with Crippen molar-refractivity contribution in [2.45, 2.75) is 19.4 Å². The van der Waals surface area contributed by atoms with Gasteiger partial charge in [-0.3, -0.25) is 4.79 Å². The van der Waals surface area contributed by atoms with Gasteiger partial charge in [0.2, 0.25) is 0 Å². The van der Waals surface area contributed by atoms with E-state index in [0.29, 0.717) is 22.0 Å². The van der Waals surface area contributed by atoms with Gasteiger partial charge in [-0.05, 0) is 25.5 Å². The summed E-state index contributed by atoms with van der Waals surface area (Å²) in [6.45, 7) is 1.70. The Kier molecular flexibility index (Phi) is 3.18. The molecule has 2 aliphatic rings. The van der Waals surface area contributed by atoms with E-state index in [1.807, 2.05) is 0 Å². The van der Waals surface area contributed by atoms with Crippen molar-refractivity contribution in [2.24, 2.45) is 0 Å². The van der Waals surface area contributed by atoms with Crippen LogP contribution in [0.3, 0.4) is 0 Å². The zero-order chi connectivity index (χ0) is 14.4. The van der Waals surface area contributed by atoms with Crippen molar-refractivity contribution in [1.29, 1.82) is 0 Å². The van der Waals surface area contributed by atoms with Crippen LogP contribution in [0.1, 0.15) is 23.7 Å². The molecule has 0 aromatic carbocycles. The van der Waals surface area contributed by atoms with Crippen LogP contribution < -0.4 is 0 Å². The average molecular weight is 311 g/mol. The Bertz CT molecular complexity index is 689. The summed E-state index contributed by atoms with van der Waals surface area (Å²) >= 11 is 7.11. The number of amides is 1. The largest absolute Gasteiger partial charge is 0.505 e. The molecule has 1 amide bonds. The van der Waals surface area contributed by atoms with Crippen molar-refractivity contribution in [2.75, 3.05) is 0 Å². The number of carbonyl (C=O) groups excluding carboxylic acids is 1. The molecule has 2 heterocycles. The number of fused-ring (bicyclic) bond motifs is 1. The summed E-state index contributed by atoms with van der Waals surface area (Å²) in [7, 11) is 0. The molecule has 1 aromatic rings. The van der Waals surface area contributed by atoms with Crippen LogP contribution in [0, 0.1) is 6.08 Å². The van der Waals surface area contributed by atoms with E-state index in [1.54, 1.807) is 18.4 Å². The minimum absolute atomic E-state index is 0.233. The number of halogens is 2. The second kappa shape index (κ2) is 4.75. The summed E-state index contributed by atoms with van der Waals surface area (Å²) in [6.07, 6.45) is 4.58. The van der Waals surface area contributed by atoms with Gasteiger partial charge in [-0.15, -0.1) is 11.3 Å². The van der Waals surface area contributed by atoms with Gasteiger partial charge >= 0.3 is 0 Å². The lowest BCUT2D eigenvalue weighted by Crippen LogP contribution is -2.36. The lowest BCUT2D eigenvalue weighted by atomic mass is 9.98. The fraction of sp³-hybridized carbons (Fsp3) is 0.214. The van der Waals surface area contributed by atoms with Crippen molar-refractivity contribution in [1.82, 2.24) is 4.90 Å². The van der Waals surface area contributed by atoms with Gasteiger partial charge < -0.3 is 10.0 Å². The maximum atomic E-state index is 13.9. The Hall–Kier alpha value is -1.59. The van der Waals surface area contributed by atoms with Gasteiger partial charge in [0.05, 0.1) is 15.9 Å². The van der Waals surface area contributed by atoms with Crippen LogP contribution in [-0.2, 0) is 0 Å². The molecule has 3 nitrogen and oxygen atoms in total. The molecule has 1 aliphatic heterocycles. The molecule has 1 N–H and O–H groups in total. The molecule has 1 aliphatic carbocycles. The number of thiophene rings is 1. The van der Waals surface area contributed by atoms with Gasteiger partial charge in [0, 0.05) is 22.7 Å². The van der Waals surface area contributed by atoms with E-state index in [9.17, 15) is 14.3 Å². The zero-order valence-electron chi connectivity index (χ0n) is 10.5. The summed E-state index contributed by atoms with van der Waals surface area (Å²) < 4.78 is 14.4. The van der Waals surface area contributed by atoms with Gasteiger partial charge in [0.1, 0.15) is 5.76 Å². The third kappa shape index (κ3) is 1.98. The molecule has 103 valence electrons. The number of aliphatic hydroxyl groups excluding tert-OH is 1. The molecule has 1 atom stereocenters. The van der Waals surface area contributed by atoms with Gasteiger partial charge in [0.25, 0.3) is 5.91 Å². The number of hydrogen-bond donors (Lipinski definition) is 1. The zero-order valence-corrected chi connectivity index (χ0v) is 12.1. The number of aliphatic hydroxyl groups is 1. The second-order valence-corrected chi connectivity index (χ2v) is 6.14. The normalized spacial score (nSPS) is 21.8. The highest BCUT2D eigenvalue weighted by molar-refractivity contribution is 7.14. The second-order valence-electron chi connectivity index (χ2n) is 4.59. The molecule has 20 heavy (non-hydrogen) atoms. The van der Waals surface area contributed by atoms with E-state index in [2.05, 4.69) is 6.08 Å². The highest BCUT2D eigenvalue weighted by Gasteiger charge is 2.38. The summed E-state index contributed by atoms with van der Waals surface area (Å²) in [4.78, 5) is 14.0. The standard InChI is InChI=1S/C14H10ClFNO2S/c1-7-4-9-10(2-3-11(18)13(9)16)17(7)14(19)8-5-12(15)20-6-8/h3,5-6,10,18H,2H2,1H3. The third-order valence-corrected chi connectivity index (χ3v) is 4.44. The summed E-state index contributed by atoms with van der Waals surface area (Å²) in [5, 5.41) is 11.1. The fourth-order valence-electron chi connectivity index (χ4n) is 2.43. The summed E-state index contributed by atoms with van der Waals surface area (Å²) in [5.41, 5.74) is 1.24.